The van der Waals surface area contributed by atoms with E-state index in [2.05, 4.69) is 0 Å². The van der Waals surface area contributed by atoms with Gasteiger partial charge in [0, 0.05) is 11.4 Å². The molecule has 0 aromatic heterocycles. The van der Waals surface area contributed by atoms with E-state index in [4.69, 9.17) is 21.9 Å². The Kier molecular flexibility index (Phi) is 3.71. The van der Waals surface area contributed by atoms with Gasteiger partial charge in [0.1, 0.15) is 6.61 Å². The number of anilines is 2. The van der Waals surface area contributed by atoms with Gasteiger partial charge in [-0.15, -0.1) is 0 Å². The lowest BCUT2D eigenvalue weighted by Gasteiger charge is -2.06. The normalized spacial score (nSPS) is 9.75. The highest BCUT2D eigenvalue weighted by Crippen LogP contribution is 2.16. The van der Waals surface area contributed by atoms with Crippen molar-refractivity contribution in [2.24, 2.45) is 5.73 Å². The summed E-state index contributed by atoms with van der Waals surface area (Å²) in [5, 5.41) is 0. The zero-order chi connectivity index (χ0) is 12.1. The lowest BCUT2D eigenvalue weighted by molar-refractivity contribution is -0.118. The second-order valence-corrected chi connectivity index (χ2v) is 3.20. The topological polar surface area (TPSA) is 121 Å². The number of ether oxygens (including phenoxy) is 1. The molecule has 1 rings (SSSR count). The van der Waals surface area contributed by atoms with E-state index in [9.17, 15) is 9.59 Å². The molecule has 6 heteroatoms. The predicted molar refractivity (Wildman–Crippen MR) is 59.4 cm³/mol. The maximum Gasteiger partial charge on any atom is 0.340 e. The number of primary amides is 1. The van der Waals surface area contributed by atoms with E-state index in [1.54, 1.807) is 6.07 Å². The van der Waals surface area contributed by atoms with Crippen LogP contribution in [0.4, 0.5) is 11.4 Å². The second-order valence-electron chi connectivity index (χ2n) is 3.20. The van der Waals surface area contributed by atoms with E-state index in [1.807, 2.05) is 0 Å². The highest BCUT2D eigenvalue weighted by atomic mass is 16.5. The molecule has 1 aromatic rings. The van der Waals surface area contributed by atoms with Crippen LogP contribution in [0.5, 0.6) is 0 Å². The summed E-state index contributed by atoms with van der Waals surface area (Å²) in [7, 11) is 0. The molecular weight excluding hydrogens is 210 g/mol. The molecule has 0 aliphatic rings. The van der Waals surface area contributed by atoms with Gasteiger partial charge >= 0.3 is 5.97 Å². The summed E-state index contributed by atoms with van der Waals surface area (Å²) in [6.07, 6.45) is -0.0133. The minimum atomic E-state index is -0.598. The van der Waals surface area contributed by atoms with Gasteiger partial charge in [-0.3, -0.25) is 4.79 Å². The summed E-state index contributed by atoms with van der Waals surface area (Å²) in [6, 6.07) is 4.48. The van der Waals surface area contributed by atoms with Gasteiger partial charge in [0.05, 0.1) is 12.0 Å². The van der Waals surface area contributed by atoms with Crippen LogP contribution < -0.4 is 17.2 Å². The molecule has 0 spiro atoms. The number of benzene rings is 1. The summed E-state index contributed by atoms with van der Waals surface area (Å²) >= 11 is 0. The number of hydrogen-bond donors (Lipinski definition) is 3. The summed E-state index contributed by atoms with van der Waals surface area (Å²) in [5.74, 6) is -1.13. The Balaban J connectivity index is 2.63. The highest BCUT2D eigenvalue weighted by molar-refractivity contribution is 5.95. The molecule has 0 aliphatic heterocycles. The fourth-order valence-corrected chi connectivity index (χ4v) is 1.09. The number of nitrogens with two attached hydrogens (primary N) is 3. The third kappa shape index (κ3) is 3.16. The Hall–Kier alpha value is -2.24. The molecule has 0 saturated heterocycles. The first-order chi connectivity index (χ1) is 7.50. The summed E-state index contributed by atoms with van der Waals surface area (Å²) in [4.78, 5) is 21.9. The molecule has 0 atom stereocenters. The molecular formula is C10H13N3O3. The molecule has 0 aliphatic carbocycles. The average Bonchev–Trinajstić information content (AvgIpc) is 2.16. The minimum absolute atomic E-state index is 0.0133. The Morgan fingerprint density at radius 1 is 1.25 bits per heavy atom. The zero-order valence-corrected chi connectivity index (χ0v) is 8.60. The quantitative estimate of drug-likeness (QED) is 0.485. The zero-order valence-electron chi connectivity index (χ0n) is 8.60. The van der Waals surface area contributed by atoms with Gasteiger partial charge in [-0.1, -0.05) is 0 Å². The molecule has 1 amide bonds. The van der Waals surface area contributed by atoms with Crippen LogP contribution in [0.25, 0.3) is 0 Å². The van der Waals surface area contributed by atoms with Crippen molar-refractivity contribution in [1.82, 2.24) is 0 Å². The van der Waals surface area contributed by atoms with E-state index in [0.717, 1.165) is 0 Å². The molecule has 0 bridgehead atoms. The number of esters is 1. The standard InChI is InChI=1S/C10H13N3O3/c11-6-1-2-7(8(12)5-6)10(15)16-4-3-9(13)14/h1-2,5H,3-4,11-12H2,(H2,13,14). The summed E-state index contributed by atoms with van der Waals surface area (Å²) < 4.78 is 4.80. The van der Waals surface area contributed by atoms with Crippen LogP contribution in [0.3, 0.4) is 0 Å². The first kappa shape index (κ1) is 11.8. The monoisotopic (exact) mass is 223 g/mol. The summed E-state index contributed by atoms with van der Waals surface area (Å²) in [5.41, 5.74) is 16.9. The fraction of sp³-hybridized carbons (Fsp3) is 0.200. The van der Waals surface area contributed by atoms with E-state index in [-0.39, 0.29) is 24.3 Å². The fourth-order valence-electron chi connectivity index (χ4n) is 1.09. The van der Waals surface area contributed by atoms with Crippen molar-refractivity contribution in [3.05, 3.63) is 23.8 Å². The van der Waals surface area contributed by atoms with Gasteiger partial charge in [0.2, 0.25) is 5.91 Å². The van der Waals surface area contributed by atoms with Crippen LogP contribution >= 0.6 is 0 Å². The largest absolute Gasteiger partial charge is 0.461 e. The summed E-state index contributed by atoms with van der Waals surface area (Å²) in [6.45, 7) is -0.0576. The van der Waals surface area contributed by atoms with Crippen LogP contribution in [0.15, 0.2) is 18.2 Å². The van der Waals surface area contributed by atoms with Crippen molar-refractivity contribution < 1.29 is 14.3 Å². The van der Waals surface area contributed by atoms with Gasteiger partial charge in [-0.2, -0.15) is 0 Å². The second kappa shape index (κ2) is 5.01. The number of nitrogen functional groups attached to an aromatic ring is 2. The third-order valence-electron chi connectivity index (χ3n) is 1.88. The maximum absolute atomic E-state index is 11.5. The average molecular weight is 223 g/mol. The molecule has 6 N–H and O–H groups in total. The number of carbonyl (C=O) groups excluding carboxylic acids is 2. The highest BCUT2D eigenvalue weighted by Gasteiger charge is 2.11. The molecule has 0 unspecified atom stereocenters. The Labute approximate surface area is 92.3 Å². The number of carbonyl (C=O) groups is 2. The van der Waals surface area contributed by atoms with Gasteiger partial charge in [0.25, 0.3) is 0 Å². The van der Waals surface area contributed by atoms with Gasteiger partial charge < -0.3 is 21.9 Å². The smallest absolute Gasteiger partial charge is 0.340 e. The number of amides is 1. The number of rotatable bonds is 4. The van der Waals surface area contributed by atoms with Crippen molar-refractivity contribution in [2.45, 2.75) is 6.42 Å². The van der Waals surface area contributed by atoms with Crippen molar-refractivity contribution in [3.8, 4) is 0 Å². The van der Waals surface area contributed by atoms with Crippen LogP contribution in [0.2, 0.25) is 0 Å². The van der Waals surface area contributed by atoms with Crippen molar-refractivity contribution in [2.75, 3.05) is 18.1 Å². The van der Waals surface area contributed by atoms with Crippen molar-refractivity contribution in [3.63, 3.8) is 0 Å². The molecule has 0 radical (unpaired) electrons. The van der Waals surface area contributed by atoms with Crippen LogP contribution in [0, 0.1) is 0 Å². The molecule has 86 valence electrons. The third-order valence-corrected chi connectivity index (χ3v) is 1.88. The molecule has 16 heavy (non-hydrogen) atoms. The van der Waals surface area contributed by atoms with Gasteiger partial charge in [-0.05, 0) is 18.2 Å². The van der Waals surface area contributed by atoms with Crippen LogP contribution in [-0.2, 0) is 9.53 Å². The lowest BCUT2D eigenvalue weighted by atomic mass is 10.1. The molecule has 1 aromatic carbocycles. The van der Waals surface area contributed by atoms with Gasteiger partial charge in [-0.25, -0.2) is 4.79 Å². The predicted octanol–water partition coefficient (Wildman–Crippen LogP) is -0.117. The first-order valence-corrected chi connectivity index (χ1v) is 4.61. The van der Waals surface area contributed by atoms with E-state index in [1.165, 1.54) is 12.1 Å². The SMILES string of the molecule is NC(=O)CCOC(=O)c1ccc(N)cc1N. The van der Waals surface area contributed by atoms with E-state index >= 15 is 0 Å². The molecule has 6 nitrogen and oxygen atoms in total. The van der Waals surface area contributed by atoms with Crippen molar-refractivity contribution >= 4 is 23.3 Å². The Morgan fingerprint density at radius 2 is 1.94 bits per heavy atom. The lowest BCUT2D eigenvalue weighted by Crippen LogP contribution is -2.16. The molecule has 0 fully saturated rings. The Morgan fingerprint density at radius 3 is 2.50 bits per heavy atom. The molecule has 0 heterocycles. The van der Waals surface area contributed by atoms with Gasteiger partial charge in [0.15, 0.2) is 0 Å². The first-order valence-electron chi connectivity index (χ1n) is 4.61. The van der Waals surface area contributed by atoms with E-state index < -0.39 is 11.9 Å². The van der Waals surface area contributed by atoms with Crippen molar-refractivity contribution in [1.29, 1.82) is 0 Å². The minimum Gasteiger partial charge on any atom is -0.461 e. The number of hydrogen-bond acceptors (Lipinski definition) is 5. The Bertz CT molecular complexity index is 418. The van der Waals surface area contributed by atoms with Crippen LogP contribution in [-0.4, -0.2) is 18.5 Å². The molecule has 0 saturated carbocycles. The van der Waals surface area contributed by atoms with Crippen LogP contribution in [0.1, 0.15) is 16.8 Å². The maximum atomic E-state index is 11.5. The van der Waals surface area contributed by atoms with E-state index in [0.29, 0.717) is 5.69 Å².